The van der Waals surface area contributed by atoms with E-state index in [1.807, 2.05) is 35.7 Å². The summed E-state index contributed by atoms with van der Waals surface area (Å²) in [5, 5.41) is 3.08. The monoisotopic (exact) mass is 353 g/mol. The van der Waals surface area contributed by atoms with Crippen molar-refractivity contribution in [3.63, 3.8) is 0 Å². The predicted molar refractivity (Wildman–Crippen MR) is 95.9 cm³/mol. The van der Waals surface area contributed by atoms with Gasteiger partial charge < -0.3 is 9.47 Å². The third-order valence-corrected chi connectivity index (χ3v) is 5.06. The van der Waals surface area contributed by atoms with Crippen LogP contribution in [0.15, 0.2) is 53.9 Å². The van der Waals surface area contributed by atoms with E-state index in [9.17, 15) is 9.59 Å². The molecule has 0 unspecified atom stereocenters. The Morgan fingerprint density at radius 2 is 1.96 bits per heavy atom. The number of carbonyl (C=O) groups is 2. The first-order valence-corrected chi connectivity index (χ1v) is 8.73. The molecular weight excluding hydrogens is 338 g/mol. The van der Waals surface area contributed by atoms with Gasteiger partial charge in [0.05, 0.1) is 5.69 Å². The van der Waals surface area contributed by atoms with Gasteiger partial charge in [-0.05, 0) is 29.0 Å². The fourth-order valence-corrected chi connectivity index (χ4v) is 3.75. The largest absolute Gasteiger partial charge is 0.482 e. The molecule has 0 bridgehead atoms. The average Bonchev–Trinajstić information content (AvgIpc) is 3.06. The van der Waals surface area contributed by atoms with Gasteiger partial charge >= 0.3 is 5.97 Å². The molecule has 126 valence electrons. The minimum atomic E-state index is -0.444. The Morgan fingerprint density at radius 1 is 1.16 bits per heavy atom. The fraction of sp³-hybridized carbons (Fsp3) is 0.158. The lowest BCUT2D eigenvalue weighted by Gasteiger charge is -2.28. The van der Waals surface area contributed by atoms with Crippen molar-refractivity contribution in [2.45, 2.75) is 6.61 Å². The highest BCUT2D eigenvalue weighted by Crippen LogP contribution is 2.31. The number of ether oxygens (including phenoxy) is 2. The maximum absolute atomic E-state index is 12.2. The van der Waals surface area contributed by atoms with E-state index in [0.717, 1.165) is 15.6 Å². The van der Waals surface area contributed by atoms with Gasteiger partial charge in [0.15, 0.2) is 6.61 Å². The van der Waals surface area contributed by atoms with Crippen LogP contribution in [-0.4, -0.2) is 25.0 Å². The van der Waals surface area contributed by atoms with E-state index in [4.69, 9.17) is 9.47 Å². The van der Waals surface area contributed by atoms with Crippen LogP contribution < -0.4 is 9.64 Å². The van der Waals surface area contributed by atoms with Crippen LogP contribution in [0.4, 0.5) is 5.69 Å². The fourth-order valence-electron chi connectivity index (χ4n) is 2.80. The van der Waals surface area contributed by atoms with Gasteiger partial charge in [0.1, 0.15) is 18.9 Å². The van der Waals surface area contributed by atoms with Gasteiger partial charge in [0.25, 0.3) is 5.91 Å². The Labute approximate surface area is 148 Å². The highest BCUT2D eigenvalue weighted by Gasteiger charge is 2.27. The summed E-state index contributed by atoms with van der Waals surface area (Å²) in [6, 6.07) is 15.2. The zero-order valence-corrected chi connectivity index (χ0v) is 14.1. The van der Waals surface area contributed by atoms with E-state index in [1.54, 1.807) is 29.5 Å². The summed E-state index contributed by atoms with van der Waals surface area (Å²) >= 11 is 1.62. The molecule has 0 saturated carbocycles. The lowest BCUT2D eigenvalue weighted by atomic mass is 10.2. The second-order valence-electron chi connectivity index (χ2n) is 5.65. The van der Waals surface area contributed by atoms with Gasteiger partial charge in [-0.1, -0.05) is 30.3 Å². The molecule has 5 nitrogen and oxygen atoms in total. The van der Waals surface area contributed by atoms with Crippen molar-refractivity contribution in [1.29, 1.82) is 0 Å². The molecule has 0 N–H and O–H groups in total. The molecule has 1 aliphatic heterocycles. The van der Waals surface area contributed by atoms with Crippen LogP contribution in [-0.2, 0) is 20.9 Å². The van der Waals surface area contributed by atoms with Crippen LogP contribution in [0.5, 0.6) is 5.75 Å². The van der Waals surface area contributed by atoms with Crippen LogP contribution in [0.25, 0.3) is 10.1 Å². The summed E-state index contributed by atoms with van der Waals surface area (Å²) in [5.74, 6) is -0.101. The average molecular weight is 353 g/mol. The number of amides is 1. The van der Waals surface area contributed by atoms with Crippen LogP contribution in [0.3, 0.4) is 0 Å². The number of carbonyl (C=O) groups excluding carboxylic acids is 2. The van der Waals surface area contributed by atoms with E-state index in [0.29, 0.717) is 11.4 Å². The number of rotatable bonds is 4. The number of para-hydroxylation sites is 2. The SMILES string of the molecule is O=C(CN1C(=O)COc2ccccc21)OCc1csc2ccccc12. The van der Waals surface area contributed by atoms with E-state index in [-0.39, 0.29) is 25.7 Å². The van der Waals surface area contributed by atoms with Crippen molar-refractivity contribution in [3.8, 4) is 5.75 Å². The Morgan fingerprint density at radius 3 is 2.88 bits per heavy atom. The van der Waals surface area contributed by atoms with Gasteiger partial charge in [0, 0.05) is 10.3 Å². The Kier molecular flexibility index (Phi) is 4.11. The number of anilines is 1. The number of esters is 1. The molecule has 1 aromatic heterocycles. The van der Waals surface area contributed by atoms with Crippen LogP contribution >= 0.6 is 11.3 Å². The first-order valence-electron chi connectivity index (χ1n) is 7.85. The summed E-state index contributed by atoms with van der Waals surface area (Å²) in [6.07, 6.45) is 0. The van der Waals surface area contributed by atoms with Crippen molar-refractivity contribution < 1.29 is 19.1 Å². The Balaban J connectivity index is 1.45. The van der Waals surface area contributed by atoms with Crippen LogP contribution in [0.1, 0.15) is 5.56 Å². The summed E-state index contributed by atoms with van der Waals surface area (Å²) in [4.78, 5) is 25.7. The molecule has 2 aromatic carbocycles. The minimum Gasteiger partial charge on any atom is -0.482 e. The topological polar surface area (TPSA) is 55.8 Å². The van der Waals surface area contributed by atoms with Gasteiger partial charge in [-0.15, -0.1) is 11.3 Å². The van der Waals surface area contributed by atoms with E-state index in [1.165, 1.54) is 4.90 Å². The number of fused-ring (bicyclic) bond motifs is 2. The molecule has 25 heavy (non-hydrogen) atoms. The summed E-state index contributed by atoms with van der Waals surface area (Å²) in [6.45, 7) is 0.00373. The van der Waals surface area contributed by atoms with Crippen molar-refractivity contribution in [1.82, 2.24) is 0 Å². The number of hydrogen-bond acceptors (Lipinski definition) is 5. The molecule has 3 aromatic rings. The zero-order chi connectivity index (χ0) is 17.2. The second-order valence-corrected chi connectivity index (χ2v) is 6.57. The Hall–Kier alpha value is -2.86. The molecule has 0 atom stereocenters. The molecular formula is C19H15NO4S. The molecule has 0 aliphatic carbocycles. The van der Waals surface area contributed by atoms with Gasteiger partial charge in [-0.3, -0.25) is 14.5 Å². The van der Waals surface area contributed by atoms with Crippen molar-refractivity contribution in [3.05, 3.63) is 59.5 Å². The van der Waals surface area contributed by atoms with Gasteiger partial charge in [-0.25, -0.2) is 0 Å². The Bertz CT molecular complexity index is 949. The van der Waals surface area contributed by atoms with Crippen LogP contribution in [0, 0.1) is 0 Å². The lowest BCUT2D eigenvalue weighted by Crippen LogP contribution is -2.42. The summed E-state index contributed by atoms with van der Waals surface area (Å²) in [7, 11) is 0. The van der Waals surface area contributed by atoms with Crippen molar-refractivity contribution in [2.75, 3.05) is 18.1 Å². The molecule has 1 aliphatic rings. The summed E-state index contributed by atoms with van der Waals surface area (Å²) in [5.41, 5.74) is 1.57. The van der Waals surface area contributed by atoms with E-state index in [2.05, 4.69) is 0 Å². The molecule has 0 saturated heterocycles. The second kappa shape index (κ2) is 6.57. The molecule has 4 rings (SSSR count). The molecule has 0 fully saturated rings. The molecule has 0 radical (unpaired) electrons. The summed E-state index contributed by atoms with van der Waals surface area (Å²) < 4.78 is 11.9. The van der Waals surface area contributed by atoms with Crippen molar-refractivity contribution in [2.24, 2.45) is 0 Å². The first kappa shape index (κ1) is 15.7. The molecule has 6 heteroatoms. The zero-order valence-electron chi connectivity index (χ0n) is 13.3. The number of benzene rings is 2. The molecule has 0 spiro atoms. The van der Waals surface area contributed by atoms with Gasteiger partial charge in [-0.2, -0.15) is 0 Å². The third kappa shape index (κ3) is 3.08. The highest BCUT2D eigenvalue weighted by atomic mass is 32.1. The molecule has 2 heterocycles. The smallest absolute Gasteiger partial charge is 0.326 e. The maximum atomic E-state index is 12.2. The first-order chi connectivity index (χ1) is 12.2. The quantitative estimate of drug-likeness (QED) is 0.675. The minimum absolute atomic E-state index is 0.0700. The van der Waals surface area contributed by atoms with E-state index < -0.39 is 5.97 Å². The lowest BCUT2D eigenvalue weighted by molar-refractivity contribution is -0.144. The third-order valence-electron chi connectivity index (χ3n) is 4.05. The van der Waals surface area contributed by atoms with Crippen LogP contribution in [0.2, 0.25) is 0 Å². The van der Waals surface area contributed by atoms with Gasteiger partial charge in [0.2, 0.25) is 0 Å². The predicted octanol–water partition coefficient (Wildman–Crippen LogP) is 3.37. The van der Waals surface area contributed by atoms with Crippen molar-refractivity contribution >= 4 is 39.0 Å². The normalized spacial score (nSPS) is 13.4. The standard InChI is InChI=1S/C19H15NO4S/c21-18-11-23-16-7-3-2-6-15(16)20(18)9-19(22)24-10-13-12-25-17-8-4-1-5-14(13)17/h1-8,12H,9-11H2. The number of hydrogen-bond donors (Lipinski definition) is 0. The highest BCUT2D eigenvalue weighted by molar-refractivity contribution is 7.17. The molecule has 1 amide bonds. The van der Waals surface area contributed by atoms with E-state index >= 15 is 0 Å². The maximum Gasteiger partial charge on any atom is 0.326 e. The number of thiophene rings is 1. The number of nitrogens with zero attached hydrogens (tertiary/aromatic N) is 1.